The summed E-state index contributed by atoms with van der Waals surface area (Å²) in [6, 6.07) is 16.1. The molecule has 2 aliphatic rings. The lowest BCUT2D eigenvalue weighted by molar-refractivity contribution is -0.140. The van der Waals surface area contributed by atoms with Crippen molar-refractivity contribution in [1.82, 2.24) is 9.80 Å². The lowest BCUT2D eigenvalue weighted by atomic mass is 10.0. The van der Waals surface area contributed by atoms with Crippen LogP contribution in [0.5, 0.6) is 5.75 Å². The number of nitrogens with one attached hydrogen (secondary N) is 1. The second kappa shape index (κ2) is 9.77. The molecular weight excluding hydrogens is 422 g/mol. The number of likely N-dealkylation sites (tertiary alicyclic amines) is 1. The number of methoxy groups -OCH3 is 1. The first kappa shape index (κ1) is 22.4. The van der Waals surface area contributed by atoms with Gasteiger partial charge >= 0.3 is 6.09 Å². The smallest absolute Gasteiger partial charge is 0.409 e. The van der Waals surface area contributed by atoms with Crippen LogP contribution in [0.15, 0.2) is 60.3 Å². The summed E-state index contributed by atoms with van der Waals surface area (Å²) in [5.41, 5.74) is 1.83. The highest BCUT2D eigenvalue weighted by molar-refractivity contribution is 6.36. The number of hydrogen-bond donors (Lipinski definition) is 1. The maximum Gasteiger partial charge on any atom is 0.409 e. The van der Waals surface area contributed by atoms with Crippen LogP contribution >= 0.6 is 0 Å². The highest BCUT2D eigenvalue weighted by Crippen LogP contribution is 2.35. The third kappa shape index (κ3) is 4.41. The zero-order chi connectivity index (χ0) is 23.4. The van der Waals surface area contributed by atoms with Gasteiger partial charge < -0.3 is 19.7 Å². The van der Waals surface area contributed by atoms with Gasteiger partial charge in [0.1, 0.15) is 11.4 Å². The molecule has 8 nitrogen and oxygen atoms in total. The summed E-state index contributed by atoms with van der Waals surface area (Å²) < 4.78 is 10.5. The Hall–Kier alpha value is -3.81. The van der Waals surface area contributed by atoms with E-state index in [4.69, 9.17) is 9.47 Å². The molecule has 8 heteroatoms. The van der Waals surface area contributed by atoms with Crippen molar-refractivity contribution in [3.8, 4) is 5.75 Å². The maximum atomic E-state index is 13.6. The van der Waals surface area contributed by atoms with E-state index in [0.29, 0.717) is 55.1 Å². The number of ether oxygens (including phenoxy) is 2. The second-order valence-electron chi connectivity index (χ2n) is 7.84. The molecule has 0 unspecified atom stereocenters. The summed E-state index contributed by atoms with van der Waals surface area (Å²) in [6.45, 7) is 2.93. The number of nitrogens with zero attached hydrogens (tertiary/aromatic N) is 2. The second-order valence-corrected chi connectivity index (χ2v) is 7.84. The van der Waals surface area contributed by atoms with Crippen molar-refractivity contribution in [3.05, 3.63) is 65.9 Å². The number of carbonyl (C=O) groups excluding carboxylic acids is 3. The monoisotopic (exact) mass is 449 g/mol. The van der Waals surface area contributed by atoms with Gasteiger partial charge in [-0.15, -0.1) is 0 Å². The fourth-order valence-electron chi connectivity index (χ4n) is 4.27. The predicted octanol–water partition coefficient (Wildman–Crippen LogP) is 3.51. The molecule has 4 rings (SSSR count). The molecule has 0 spiro atoms. The minimum atomic E-state index is -0.376. The molecule has 0 saturated carbocycles. The maximum absolute atomic E-state index is 13.6. The Labute approximate surface area is 192 Å². The molecule has 2 aromatic carbocycles. The largest absolute Gasteiger partial charge is 0.495 e. The van der Waals surface area contributed by atoms with Crippen LogP contribution in [0, 0.1) is 0 Å². The molecule has 33 heavy (non-hydrogen) atoms. The molecule has 2 aromatic rings. The van der Waals surface area contributed by atoms with Gasteiger partial charge in [0.25, 0.3) is 11.8 Å². The molecule has 1 N–H and O–H groups in total. The van der Waals surface area contributed by atoms with Gasteiger partial charge in [0.05, 0.1) is 25.0 Å². The van der Waals surface area contributed by atoms with Crippen molar-refractivity contribution in [2.45, 2.75) is 25.8 Å². The van der Waals surface area contributed by atoms with E-state index in [-0.39, 0.29) is 29.6 Å². The van der Waals surface area contributed by atoms with Gasteiger partial charge in [-0.1, -0.05) is 42.5 Å². The number of para-hydroxylation sites is 2. The van der Waals surface area contributed by atoms with Crippen LogP contribution in [0.3, 0.4) is 0 Å². The Kier molecular flexibility index (Phi) is 6.63. The van der Waals surface area contributed by atoms with Crippen LogP contribution in [0.2, 0.25) is 0 Å². The van der Waals surface area contributed by atoms with Crippen LogP contribution in [0.1, 0.15) is 25.3 Å². The van der Waals surface area contributed by atoms with E-state index in [2.05, 4.69) is 5.32 Å². The van der Waals surface area contributed by atoms with Crippen molar-refractivity contribution in [2.24, 2.45) is 0 Å². The number of anilines is 1. The topological polar surface area (TPSA) is 88.2 Å². The molecule has 2 aliphatic heterocycles. The highest BCUT2D eigenvalue weighted by Gasteiger charge is 2.44. The molecular formula is C25H27N3O5. The number of hydrogen-bond acceptors (Lipinski definition) is 6. The number of benzene rings is 2. The average molecular weight is 450 g/mol. The average Bonchev–Trinajstić information content (AvgIpc) is 3.09. The molecule has 0 atom stereocenters. The number of rotatable bonds is 6. The molecule has 2 heterocycles. The Bertz CT molecular complexity index is 1070. The fourth-order valence-corrected chi connectivity index (χ4v) is 4.27. The standard InChI is InChI=1S/C25H27N3O5/c1-3-33-25(31)27-15-13-18(14-16-27)28-23(29)21(17-9-5-4-6-10-17)22(24(28)30)26-19-11-7-8-12-20(19)32-2/h4-12,18,26H,3,13-16H2,1-2H3. The fraction of sp³-hybridized carbons (Fsp3) is 0.320. The van der Waals surface area contributed by atoms with E-state index < -0.39 is 0 Å². The Morgan fingerprint density at radius 1 is 1.00 bits per heavy atom. The molecule has 0 aromatic heterocycles. The summed E-state index contributed by atoms with van der Waals surface area (Å²) in [5.74, 6) is -0.142. The lowest BCUT2D eigenvalue weighted by Crippen LogP contribution is -2.49. The zero-order valence-corrected chi connectivity index (χ0v) is 18.7. The summed E-state index contributed by atoms with van der Waals surface area (Å²) in [7, 11) is 1.55. The number of imide groups is 1. The van der Waals surface area contributed by atoms with E-state index in [1.54, 1.807) is 31.1 Å². The number of amides is 3. The van der Waals surface area contributed by atoms with Crippen LogP contribution in [-0.4, -0.2) is 60.6 Å². The normalized spacial score (nSPS) is 16.9. The van der Waals surface area contributed by atoms with Gasteiger partial charge in [0, 0.05) is 19.1 Å². The molecule has 1 fully saturated rings. The number of carbonyl (C=O) groups is 3. The molecule has 3 amide bonds. The quantitative estimate of drug-likeness (QED) is 0.679. The number of piperidine rings is 1. The Morgan fingerprint density at radius 2 is 1.67 bits per heavy atom. The SMILES string of the molecule is CCOC(=O)N1CCC(N2C(=O)C(Nc3ccccc3OC)=C(c3ccccc3)C2=O)CC1. The summed E-state index contributed by atoms with van der Waals surface area (Å²) in [4.78, 5) is 42.1. The van der Waals surface area contributed by atoms with Crippen molar-refractivity contribution < 1.29 is 23.9 Å². The van der Waals surface area contributed by atoms with Gasteiger partial charge in [-0.05, 0) is 37.5 Å². The van der Waals surface area contributed by atoms with Crippen LogP contribution < -0.4 is 10.1 Å². The molecule has 0 bridgehead atoms. The van der Waals surface area contributed by atoms with Gasteiger partial charge in [-0.2, -0.15) is 0 Å². The van der Waals surface area contributed by atoms with E-state index in [1.807, 2.05) is 42.5 Å². The van der Waals surface area contributed by atoms with Crippen molar-refractivity contribution >= 4 is 29.2 Å². The highest BCUT2D eigenvalue weighted by atomic mass is 16.6. The van der Waals surface area contributed by atoms with Crippen molar-refractivity contribution in [2.75, 3.05) is 32.1 Å². The third-order valence-corrected chi connectivity index (χ3v) is 5.90. The summed E-state index contributed by atoms with van der Waals surface area (Å²) >= 11 is 0. The minimum Gasteiger partial charge on any atom is -0.495 e. The molecule has 0 radical (unpaired) electrons. The molecule has 1 saturated heterocycles. The summed E-state index contributed by atoms with van der Waals surface area (Å²) in [6.07, 6.45) is 0.636. The van der Waals surface area contributed by atoms with E-state index in [9.17, 15) is 14.4 Å². The van der Waals surface area contributed by atoms with Gasteiger partial charge in [-0.3, -0.25) is 14.5 Å². The van der Waals surface area contributed by atoms with Crippen LogP contribution in [0.25, 0.3) is 5.57 Å². The van der Waals surface area contributed by atoms with E-state index in [0.717, 1.165) is 0 Å². The first-order valence-corrected chi connectivity index (χ1v) is 11.0. The van der Waals surface area contributed by atoms with Crippen molar-refractivity contribution in [3.63, 3.8) is 0 Å². The Morgan fingerprint density at radius 3 is 2.33 bits per heavy atom. The van der Waals surface area contributed by atoms with Gasteiger partial charge in [0.15, 0.2) is 0 Å². The van der Waals surface area contributed by atoms with E-state index in [1.165, 1.54) is 4.90 Å². The third-order valence-electron chi connectivity index (χ3n) is 5.90. The van der Waals surface area contributed by atoms with Crippen LogP contribution in [-0.2, 0) is 14.3 Å². The zero-order valence-electron chi connectivity index (χ0n) is 18.7. The van der Waals surface area contributed by atoms with Gasteiger partial charge in [-0.25, -0.2) is 4.79 Å². The van der Waals surface area contributed by atoms with Gasteiger partial charge in [0.2, 0.25) is 0 Å². The van der Waals surface area contributed by atoms with Crippen molar-refractivity contribution in [1.29, 1.82) is 0 Å². The van der Waals surface area contributed by atoms with E-state index >= 15 is 0 Å². The predicted molar refractivity (Wildman–Crippen MR) is 123 cm³/mol. The summed E-state index contributed by atoms with van der Waals surface area (Å²) in [5, 5.41) is 3.16. The first-order valence-electron chi connectivity index (χ1n) is 11.0. The molecule has 0 aliphatic carbocycles. The minimum absolute atomic E-state index is 0.225. The Balaban J connectivity index is 1.63. The lowest BCUT2D eigenvalue weighted by Gasteiger charge is -2.35. The molecule has 172 valence electrons. The van der Waals surface area contributed by atoms with Crippen LogP contribution in [0.4, 0.5) is 10.5 Å². The first-order chi connectivity index (χ1) is 16.0.